The van der Waals surface area contributed by atoms with Crippen molar-refractivity contribution in [1.82, 2.24) is 30.2 Å². The lowest BCUT2D eigenvalue weighted by Crippen LogP contribution is -2.54. The number of amides is 6. The van der Waals surface area contributed by atoms with Gasteiger partial charge in [-0.05, 0) is 92.1 Å². The topological polar surface area (TPSA) is 184 Å². The summed E-state index contributed by atoms with van der Waals surface area (Å²) in [4.78, 5) is 83.9. The molecule has 0 aromatic heterocycles. The highest BCUT2D eigenvalue weighted by atomic mass is 16.7. The number of alkyl carbamates (subject to hydrolysis) is 2. The maximum atomic E-state index is 14.4. The predicted molar refractivity (Wildman–Crippen MR) is 272 cm³/mol. The number of fused-ring (bicyclic) bond motifs is 3. The highest BCUT2D eigenvalue weighted by Crippen LogP contribution is 2.40. The number of rotatable bonds is 11. The van der Waals surface area contributed by atoms with Gasteiger partial charge in [0.05, 0.1) is 39.5 Å². The third-order valence-electron chi connectivity index (χ3n) is 14.8. The molecule has 0 aliphatic carbocycles. The summed E-state index contributed by atoms with van der Waals surface area (Å²) >= 11 is 0. The number of likely N-dealkylation sites (tertiary alicyclic amines) is 1. The van der Waals surface area contributed by atoms with E-state index in [1.165, 1.54) is 14.2 Å². The molecule has 10 rings (SSSR count). The fourth-order valence-corrected chi connectivity index (χ4v) is 10.9. The third-order valence-corrected chi connectivity index (χ3v) is 14.8. The van der Waals surface area contributed by atoms with Crippen molar-refractivity contribution >= 4 is 63.4 Å². The minimum Gasteiger partial charge on any atom is -0.454 e. The smallest absolute Gasteiger partial charge is 0.407 e. The number of hydrogen-bond donors (Lipinski definition) is 2. The zero-order valence-electron chi connectivity index (χ0n) is 41.5. The quantitative estimate of drug-likeness (QED) is 0.151. The van der Waals surface area contributed by atoms with Crippen LogP contribution in [-0.2, 0) is 32.2 Å². The van der Waals surface area contributed by atoms with Crippen LogP contribution in [0.1, 0.15) is 75.6 Å². The number of nitrogens with one attached hydrogen (secondary N) is 2. The number of urea groups is 1. The van der Waals surface area contributed by atoms with E-state index >= 15 is 0 Å². The Morgan fingerprint density at radius 3 is 1.81 bits per heavy atom. The number of methoxy groups -OCH3 is 2. The number of benzene rings is 4. The Bertz CT molecular complexity index is 2950. The molecule has 2 saturated heterocycles. The second kappa shape index (κ2) is 19.8. The van der Waals surface area contributed by atoms with Crippen LogP contribution in [0.15, 0.2) is 95.2 Å². The Morgan fingerprint density at radius 2 is 1.19 bits per heavy atom. The molecule has 2 N–H and O–H groups in total. The van der Waals surface area contributed by atoms with E-state index in [9.17, 15) is 24.0 Å². The summed E-state index contributed by atoms with van der Waals surface area (Å²) in [6.45, 7) is 9.40. The molecule has 4 aromatic rings. The average Bonchev–Trinajstić information content (AvgIpc) is 4.26. The van der Waals surface area contributed by atoms with Crippen LogP contribution in [0.25, 0.3) is 33.0 Å². The van der Waals surface area contributed by atoms with E-state index in [0.29, 0.717) is 44.0 Å². The second-order valence-electron chi connectivity index (χ2n) is 19.9. The number of carbonyl (C=O) groups excluding carboxylic acids is 5. The second-order valence-corrected chi connectivity index (χ2v) is 19.9. The molecule has 6 heterocycles. The van der Waals surface area contributed by atoms with Gasteiger partial charge >= 0.3 is 18.2 Å². The first-order valence-electron chi connectivity index (χ1n) is 24.7. The summed E-state index contributed by atoms with van der Waals surface area (Å²) in [6, 6.07) is 22.5. The van der Waals surface area contributed by atoms with Crippen molar-refractivity contribution in [3.63, 3.8) is 0 Å². The van der Waals surface area contributed by atoms with Gasteiger partial charge in [-0.1, -0.05) is 88.4 Å². The molecule has 0 bridgehead atoms. The van der Waals surface area contributed by atoms with Crippen molar-refractivity contribution in [1.29, 1.82) is 0 Å². The molecule has 0 saturated carbocycles. The fraction of sp³-hybridized carbons (Fsp3) is 0.400. The zero-order chi connectivity index (χ0) is 50.4. The van der Waals surface area contributed by atoms with E-state index in [1.54, 1.807) is 14.7 Å². The molecule has 6 aliphatic heterocycles. The summed E-state index contributed by atoms with van der Waals surface area (Å²) in [6.07, 6.45) is 5.22. The van der Waals surface area contributed by atoms with E-state index in [1.807, 2.05) is 57.1 Å². The molecule has 17 nitrogen and oxygen atoms in total. The van der Waals surface area contributed by atoms with Gasteiger partial charge in [0, 0.05) is 56.3 Å². The monoisotopic (exact) mass is 976 g/mol. The number of ether oxygens (including phenoxy) is 4. The van der Waals surface area contributed by atoms with E-state index in [-0.39, 0.29) is 55.7 Å². The molecule has 0 unspecified atom stereocenters. The minimum absolute atomic E-state index is 0.0296. The Labute approximate surface area is 418 Å². The predicted octanol–water partition coefficient (Wildman–Crippen LogP) is 7.97. The lowest BCUT2D eigenvalue weighted by Gasteiger charge is -2.31. The fourth-order valence-electron chi connectivity index (χ4n) is 10.9. The van der Waals surface area contributed by atoms with Gasteiger partial charge in [0.2, 0.25) is 18.6 Å². The molecule has 0 radical (unpaired) electrons. The van der Waals surface area contributed by atoms with Crippen LogP contribution in [-0.4, -0.2) is 126 Å². The van der Waals surface area contributed by atoms with E-state index < -0.39 is 30.3 Å². The van der Waals surface area contributed by atoms with E-state index in [2.05, 4.69) is 71.3 Å². The number of allylic oxidation sites excluding steroid dienone is 2. The number of aliphatic imine (C=N–C) groups is 2. The highest BCUT2D eigenvalue weighted by Gasteiger charge is 2.45. The number of nitrogens with zero attached hydrogens (tertiary/aromatic N) is 6. The molecular weight excluding hydrogens is 917 g/mol. The lowest BCUT2D eigenvalue weighted by atomic mass is 9.90. The Kier molecular flexibility index (Phi) is 13.2. The minimum atomic E-state index is -0.886. The van der Waals surface area contributed by atoms with Gasteiger partial charge in [-0.2, -0.15) is 0 Å². The molecular formula is C55H60N8O9. The molecule has 6 aliphatic rings. The summed E-state index contributed by atoms with van der Waals surface area (Å²) in [5.74, 6) is 0.520. The maximum absolute atomic E-state index is 14.4. The van der Waals surface area contributed by atoms with Crippen molar-refractivity contribution in [3.05, 3.63) is 107 Å². The summed E-state index contributed by atoms with van der Waals surface area (Å²) in [5.41, 5.74) is 9.98. The van der Waals surface area contributed by atoms with Gasteiger partial charge in [0.1, 0.15) is 12.1 Å². The van der Waals surface area contributed by atoms with Crippen LogP contribution in [0.4, 0.5) is 14.4 Å². The van der Waals surface area contributed by atoms with Crippen molar-refractivity contribution in [2.24, 2.45) is 21.8 Å². The van der Waals surface area contributed by atoms with Crippen LogP contribution < -0.4 is 20.1 Å². The SMILES string of the molecule is COC(=O)N[C@H](C(=O)N1CCC[C@H]1C1=NC=C(c2cccc3c(-c4ccc(C5=CN=C([C@@H]6CN(C(=O)N7Cc8cc9c(cc8C7)OCO9)CN6C(=O)[C@@H](NC(=O)OC)C(C)C)C5)cc4)cccc23)C1)C(C)C. The summed E-state index contributed by atoms with van der Waals surface area (Å²) in [5, 5.41) is 7.66. The molecule has 17 heteroatoms. The van der Waals surface area contributed by atoms with E-state index in [0.717, 1.165) is 79.6 Å². The normalized spacial score (nSPS) is 19.8. The van der Waals surface area contributed by atoms with Crippen LogP contribution in [0, 0.1) is 11.8 Å². The Morgan fingerprint density at radius 1 is 0.653 bits per heavy atom. The first kappa shape index (κ1) is 48.0. The van der Waals surface area contributed by atoms with Gasteiger partial charge in [0.25, 0.3) is 0 Å². The molecule has 4 atom stereocenters. The van der Waals surface area contributed by atoms with Crippen molar-refractivity contribution in [2.45, 2.75) is 90.6 Å². The third kappa shape index (κ3) is 9.11. The van der Waals surface area contributed by atoms with Gasteiger partial charge in [-0.25, -0.2) is 14.4 Å². The molecule has 374 valence electrons. The Hall–Kier alpha value is -7.69. The highest BCUT2D eigenvalue weighted by molar-refractivity contribution is 6.09. The lowest BCUT2D eigenvalue weighted by molar-refractivity contribution is -0.135. The molecule has 6 amide bonds. The van der Waals surface area contributed by atoms with Crippen LogP contribution in [0.5, 0.6) is 11.5 Å². The van der Waals surface area contributed by atoms with Gasteiger partial charge in [-0.15, -0.1) is 0 Å². The molecule has 72 heavy (non-hydrogen) atoms. The molecule has 4 aromatic carbocycles. The zero-order valence-corrected chi connectivity index (χ0v) is 41.5. The van der Waals surface area contributed by atoms with Gasteiger partial charge in [0.15, 0.2) is 11.5 Å². The first-order valence-corrected chi connectivity index (χ1v) is 24.7. The molecule has 0 spiro atoms. The van der Waals surface area contributed by atoms with Crippen molar-refractivity contribution in [2.75, 3.05) is 40.8 Å². The van der Waals surface area contributed by atoms with Crippen LogP contribution in [0.3, 0.4) is 0 Å². The van der Waals surface area contributed by atoms with E-state index in [4.69, 9.17) is 28.9 Å². The van der Waals surface area contributed by atoms with Gasteiger partial charge < -0.3 is 49.2 Å². The maximum Gasteiger partial charge on any atom is 0.407 e. The largest absolute Gasteiger partial charge is 0.454 e. The first-order chi connectivity index (χ1) is 34.8. The van der Waals surface area contributed by atoms with Crippen LogP contribution in [0.2, 0.25) is 0 Å². The van der Waals surface area contributed by atoms with Crippen molar-refractivity contribution in [3.8, 4) is 22.6 Å². The number of carbonyl (C=O) groups is 5. The Balaban J connectivity index is 0.831. The summed E-state index contributed by atoms with van der Waals surface area (Å²) in [7, 11) is 2.56. The number of hydrogen-bond acceptors (Lipinski definition) is 11. The van der Waals surface area contributed by atoms with Crippen LogP contribution >= 0.6 is 0 Å². The van der Waals surface area contributed by atoms with Gasteiger partial charge in [-0.3, -0.25) is 19.6 Å². The summed E-state index contributed by atoms with van der Waals surface area (Å²) < 4.78 is 20.9. The molecule has 2 fully saturated rings. The average molecular weight is 977 g/mol. The standard InChI is InChI=1S/C55H60N8O9/c1-31(2)49(58-53(66)69-5)51(64)62-19-9-14-45(62)43-21-36(25-57-43)40-11-8-12-41-39(10-7-13-42(40)41)34-17-15-33(16-18-34)35-20-44(56-24-35)46-28-61(29-63(46)52(65)50(32(3)4)59-54(67)70-6)55(68)60-26-37-22-47-48(72-30-71-47)23-38(37)27-60/h7-8,10-13,15-18,22-25,31-32,45-46,49-50H,9,14,19-21,26-30H2,1-6H3,(H,58,66)(H,59,67)/t45-,46-,49-,50-/m0/s1. The van der Waals surface area contributed by atoms with Crippen molar-refractivity contribution < 1.29 is 42.9 Å².